The summed E-state index contributed by atoms with van der Waals surface area (Å²) in [4.78, 5) is 9.30. The average molecular weight is 565 g/mol. The van der Waals surface area contributed by atoms with Crippen molar-refractivity contribution in [3.05, 3.63) is 155 Å². The number of aromatic nitrogens is 2. The number of pyridine rings is 2. The highest BCUT2D eigenvalue weighted by Gasteiger charge is 2.15. The Morgan fingerprint density at radius 3 is 0.841 bits per heavy atom. The molecule has 0 aliphatic rings. The van der Waals surface area contributed by atoms with Crippen LogP contribution in [0.2, 0.25) is 0 Å². The molecule has 0 atom stereocenters. The smallest absolute Gasteiger partial charge is 0.0443 e. The molecular formula is C42H32N2. The van der Waals surface area contributed by atoms with Crippen molar-refractivity contribution in [1.29, 1.82) is 0 Å². The van der Waals surface area contributed by atoms with E-state index in [-0.39, 0.29) is 0 Å². The molecule has 0 fully saturated rings. The predicted octanol–water partition coefficient (Wildman–Crippen LogP) is 9.78. The summed E-state index contributed by atoms with van der Waals surface area (Å²) in [6.45, 7) is 8.49. The molecule has 0 aliphatic carbocycles. The standard InChI is InChI=1S/C42H32N2/c1-29-15-5-9-19-33(29)39-25-43-26-40(34-20-10-6-16-30(34)2)37(39)23-13-14-24-38-41(35-21-11-7-17-31(35)3)27-44-28-42(38)36-22-12-8-18-32(36)4/h5-12,15-22,25-28H,1-4H3. The minimum Gasteiger partial charge on any atom is -0.263 e. The second-order valence-corrected chi connectivity index (χ2v) is 11.0. The second-order valence-electron chi connectivity index (χ2n) is 11.0. The van der Waals surface area contributed by atoms with Crippen LogP contribution in [0.3, 0.4) is 0 Å². The predicted molar refractivity (Wildman–Crippen MR) is 183 cm³/mol. The first-order valence-electron chi connectivity index (χ1n) is 14.7. The van der Waals surface area contributed by atoms with Gasteiger partial charge in [0.1, 0.15) is 0 Å². The monoisotopic (exact) mass is 564 g/mol. The molecule has 0 N–H and O–H groups in total. The van der Waals surface area contributed by atoms with Gasteiger partial charge in [0.05, 0.1) is 0 Å². The number of hydrogen-bond donors (Lipinski definition) is 0. The fraction of sp³-hybridized carbons (Fsp3) is 0.0952. The third kappa shape index (κ3) is 5.67. The fourth-order valence-electron chi connectivity index (χ4n) is 5.70. The van der Waals surface area contributed by atoms with E-state index < -0.39 is 0 Å². The zero-order chi connectivity index (χ0) is 30.5. The van der Waals surface area contributed by atoms with Crippen molar-refractivity contribution in [3.63, 3.8) is 0 Å². The molecule has 0 radical (unpaired) electrons. The summed E-state index contributed by atoms with van der Waals surface area (Å²) in [6, 6.07) is 33.5. The van der Waals surface area contributed by atoms with Crippen LogP contribution in [-0.4, -0.2) is 9.97 Å². The minimum absolute atomic E-state index is 0.922. The minimum atomic E-state index is 0.922. The van der Waals surface area contributed by atoms with Crippen LogP contribution in [0.15, 0.2) is 122 Å². The Balaban J connectivity index is 1.55. The number of rotatable bonds is 4. The molecule has 4 aromatic carbocycles. The summed E-state index contributed by atoms with van der Waals surface area (Å²) in [5.74, 6) is 13.4. The maximum Gasteiger partial charge on any atom is 0.0443 e. The lowest BCUT2D eigenvalue weighted by Crippen LogP contribution is -1.95. The third-order valence-corrected chi connectivity index (χ3v) is 8.07. The van der Waals surface area contributed by atoms with E-state index in [4.69, 9.17) is 0 Å². The van der Waals surface area contributed by atoms with Gasteiger partial charge >= 0.3 is 0 Å². The van der Waals surface area contributed by atoms with Crippen LogP contribution < -0.4 is 0 Å². The largest absolute Gasteiger partial charge is 0.263 e. The van der Waals surface area contributed by atoms with Gasteiger partial charge in [-0.25, -0.2) is 0 Å². The summed E-state index contributed by atoms with van der Waals surface area (Å²) in [5, 5.41) is 0. The maximum absolute atomic E-state index is 4.65. The molecule has 6 aromatic rings. The normalized spacial score (nSPS) is 10.4. The Morgan fingerprint density at radius 1 is 0.341 bits per heavy atom. The third-order valence-electron chi connectivity index (χ3n) is 8.07. The van der Waals surface area contributed by atoms with Gasteiger partial charge in [0.25, 0.3) is 0 Å². The van der Waals surface area contributed by atoms with Crippen LogP contribution in [0, 0.1) is 51.4 Å². The Kier molecular flexibility index (Phi) is 8.18. The SMILES string of the molecule is Cc1ccccc1-c1cncc(-c2ccccc2C)c1C#CC#Cc1c(-c2ccccc2C)cncc1-c1ccccc1C. The van der Waals surface area contributed by atoms with E-state index in [9.17, 15) is 0 Å². The van der Waals surface area contributed by atoms with E-state index in [1.165, 1.54) is 22.3 Å². The van der Waals surface area contributed by atoms with Crippen molar-refractivity contribution in [2.45, 2.75) is 27.7 Å². The molecular weight excluding hydrogens is 532 g/mol. The first kappa shape index (κ1) is 28.4. The first-order chi connectivity index (χ1) is 21.5. The molecule has 2 heteroatoms. The maximum atomic E-state index is 4.65. The number of hydrogen-bond acceptors (Lipinski definition) is 2. The van der Waals surface area contributed by atoms with Crippen molar-refractivity contribution < 1.29 is 0 Å². The van der Waals surface area contributed by atoms with Gasteiger partial charge in [-0.15, -0.1) is 0 Å². The summed E-state index contributed by atoms with van der Waals surface area (Å²) < 4.78 is 0. The molecule has 0 aliphatic heterocycles. The lowest BCUT2D eigenvalue weighted by Gasteiger charge is -2.14. The summed E-state index contributed by atoms with van der Waals surface area (Å²) in [5.41, 5.74) is 15.0. The number of nitrogens with zero attached hydrogens (tertiary/aromatic N) is 2. The molecule has 0 saturated carbocycles. The van der Waals surface area contributed by atoms with Crippen LogP contribution in [-0.2, 0) is 0 Å². The van der Waals surface area contributed by atoms with Crippen molar-refractivity contribution in [1.82, 2.24) is 9.97 Å². The highest BCUT2D eigenvalue weighted by molar-refractivity contribution is 5.85. The van der Waals surface area contributed by atoms with Crippen molar-refractivity contribution in [2.75, 3.05) is 0 Å². The molecule has 0 bridgehead atoms. The molecule has 210 valence electrons. The van der Waals surface area contributed by atoms with Crippen LogP contribution in [0.1, 0.15) is 33.4 Å². The summed E-state index contributed by atoms with van der Waals surface area (Å²) in [7, 11) is 0. The van der Waals surface area contributed by atoms with Gasteiger partial charge in [0.2, 0.25) is 0 Å². The number of aryl methyl sites for hydroxylation is 4. The highest BCUT2D eigenvalue weighted by atomic mass is 14.6. The van der Waals surface area contributed by atoms with E-state index in [0.29, 0.717) is 0 Å². The average Bonchev–Trinajstić information content (AvgIpc) is 3.04. The second kappa shape index (κ2) is 12.7. The molecule has 0 spiro atoms. The molecule has 0 saturated heterocycles. The van der Waals surface area contributed by atoms with Crippen molar-refractivity contribution in [2.24, 2.45) is 0 Å². The van der Waals surface area contributed by atoms with Gasteiger partial charge in [0, 0.05) is 58.2 Å². The van der Waals surface area contributed by atoms with E-state index >= 15 is 0 Å². The lowest BCUT2D eigenvalue weighted by molar-refractivity contribution is 1.30. The number of benzene rings is 4. The highest BCUT2D eigenvalue weighted by Crippen LogP contribution is 2.35. The van der Waals surface area contributed by atoms with Crippen LogP contribution >= 0.6 is 0 Å². The van der Waals surface area contributed by atoms with Crippen molar-refractivity contribution >= 4 is 0 Å². The molecule has 2 aromatic heterocycles. The van der Waals surface area contributed by atoms with Crippen LogP contribution in [0.4, 0.5) is 0 Å². The molecule has 0 amide bonds. The van der Waals surface area contributed by atoms with Gasteiger partial charge in [-0.05, 0) is 84.0 Å². The molecule has 6 rings (SSSR count). The molecule has 44 heavy (non-hydrogen) atoms. The Labute approximate surface area is 260 Å². The Bertz CT molecular complexity index is 1850. The molecule has 2 heterocycles. The zero-order valence-electron chi connectivity index (χ0n) is 25.4. The quantitative estimate of drug-likeness (QED) is 0.199. The molecule has 0 unspecified atom stereocenters. The topological polar surface area (TPSA) is 25.8 Å². The van der Waals surface area contributed by atoms with Gasteiger partial charge in [-0.1, -0.05) is 109 Å². The van der Waals surface area contributed by atoms with E-state index in [1.807, 2.05) is 24.8 Å². The van der Waals surface area contributed by atoms with Gasteiger partial charge < -0.3 is 0 Å². The Morgan fingerprint density at radius 2 is 0.591 bits per heavy atom. The lowest BCUT2D eigenvalue weighted by atomic mass is 9.91. The van der Waals surface area contributed by atoms with E-state index in [2.05, 4.69) is 158 Å². The van der Waals surface area contributed by atoms with Gasteiger partial charge in [-0.3, -0.25) is 9.97 Å². The summed E-state index contributed by atoms with van der Waals surface area (Å²) >= 11 is 0. The Hall–Kier alpha value is -5.70. The van der Waals surface area contributed by atoms with Gasteiger partial charge in [-0.2, -0.15) is 0 Å². The first-order valence-corrected chi connectivity index (χ1v) is 14.7. The van der Waals surface area contributed by atoms with Crippen LogP contribution in [0.25, 0.3) is 44.5 Å². The van der Waals surface area contributed by atoms with E-state index in [1.54, 1.807) is 0 Å². The van der Waals surface area contributed by atoms with E-state index in [0.717, 1.165) is 55.6 Å². The van der Waals surface area contributed by atoms with Crippen LogP contribution in [0.5, 0.6) is 0 Å². The zero-order valence-corrected chi connectivity index (χ0v) is 25.4. The fourth-order valence-corrected chi connectivity index (χ4v) is 5.70. The van der Waals surface area contributed by atoms with Crippen molar-refractivity contribution in [3.8, 4) is 68.2 Å². The van der Waals surface area contributed by atoms with Gasteiger partial charge in [0.15, 0.2) is 0 Å². The summed E-state index contributed by atoms with van der Waals surface area (Å²) in [6.07, 6.45) is 7.65. The molecule has 2 nitrogen and oxygen atoms in total.